The fourth-order valence-electron chi connectivity index (χ4n) is 8.21. The zero-order chi connectivity index (χ0) is 27.8. The Balaban J connectivity index is 0.858. The molecule has 0 spiro atoms. The molecule has 6 saturated heterocycles. The summed E-state index contributed by atoms with van der Waals surface area (Å²) in [4.78, 5) is 0. The molecule has 0 unspecified atom stereocenters. The van der Waals surface area contributed by atoms with E-state index in [4.69, 9.17) is 37.4 Å². The fraction of sp³-hybridized carbons (Fsp3) is 0.586. The zero-order valence-electron chi connectivity index (χ0n) is 24.1. The van der Waals surface area contributed by atoms with Crippen LogP contribution in [0.25, 0.3) is 0 Å². The van der Waals surface area contributed by atoms with Crippen molar-refractivity contribution in [3.05, 3.63) is 59.7 Å². The van der Waals surface area contributed by atoms with Crippen LogP contribution >= 0.6 is 0 Å². The molecule has 6 fully saturated rings. The van der Waals surface area contributed by atoms with Gasteiger partial charge in [-0.25, -0.2) is 0 Å². The van der Waals surface area contributed by atoms with E-state index in [1.165, 1.54) is 11.1 Å². The first-order valence-corrected chi connectivity index (χ1v) is 15.2. The Morgan fingerprint density at radius 2 is 1.00 bits per heavy atom. The summed E-state index contributed by atoms with van der Waals surface area (Å²) in [6.45, 7) is 10.7. The molecule has 6 heterocycles. The summed E-state index contributed by atoms with van der Waals surface area (Å²) >= 11 is 0. The average molecular weight is 566 g/mol. The van der Waals surface area contributed by atoms with Crippen molar-refractivity contribution in [3.63, 3.8) is 0 Å². The van der Waals surface area contributed by atoms with E-state index in [0.717, 1.165) is 59.6 Å². The van der Waals surface area contributed by atoms with E-state index >= 15 is 0 Å². The SMILES string of the molecule is CC(C)(c1ccc(OC[C@H]2C[N+]34CCO[B-]3(OCC4)O2)cc1)c1ccc(OC[C@H]2C[N+]34CCO[B-]3(OCC4)O2)cc1. The van der Waals surface area contributed by atoms with Crippen molar-refractivity contribution < 1.29 is 46.2 Å². The molecular formula is C29H40B2N2O8. The van der Waals surface area contributed by atoms with Gasteiger partial charge in [0.05, 0.1) is 65.7 Å². The van der Waals surface area contributed by atoms with E-state index in [9.17, 15) is 0 Å². The van der Waals surface area contributed by atoms with Crippen LogP contribution < -0.4 is 9.47 Å². The van der Waals surface area contributed by atoms with Crippen molar-refractivity contribution in [2.45, 2.75) is 31.5 Å². The smallest absolute Gasteiger partial charge is 0.491 e. The van der Waals surface area contributed by atoms with Crippen molar-refractivity contribution in [1.29, 1.82) is 0 Å². The van der Waals surface area contributed by atoms with Crippen LogP contribution in [0.1, 0.15) is 25.0 Å². The first kappa shape index (κ1) is 26.5. The van der Waals surface area contributed by atoms with Crippen molar-refractivity contribution in [3.8, 4) is 11.5 Å². The van der Waals surface area contributed by atoms with Crippen LogP contribution in [0.3, 0.4) is 0 Å². The van der Waals surface area contributed by atoms with Gasteiger partial charge in [-0.15, -0.1) is 0 Å². The van der Waals surface area contributed by atoms with E-state index in [2.05, 4.69) is 38.1 Å². The van der Waals surface area contributed by atoms with Gasteiger partial charge in [-0.2, -0.15) is 0 Å². The molecule has 0 amide bonds. The third kappa shape index (κ3) is 4.03. The highest BCUT2D eigenvalue weighted by Gasteiger charge is 2.67. The molecule has 2 atom stereocenters. The topological polar surface area (TPSA) is 73.8 Å². The minimum Gasteiger partial charge on any atom is -0.491 e. The van der Waals surface area contributed by atoms with Gasteiger partial charge < -0.3 is 46.2 Å². The Hall–Kier alpha value is -2.15. The maximum atomic E-state index is 6.27. The average Bonchev–Trinajstić information content (AvgIpc) is 3.73. The molecule has 6 aliphatic rings. The number of benzene rings is 2. The highest BCUT2D eigenvalue weighted by molar-refractivity contribution is 6.54. The van der Waals surface area contributed by atoms with E-state index in [-0.39, 0.29) is 17.6 Å². The summed E-state index contributed by atoms with van der Waals surface area (Å²) < 4.78 is 50.2. The van der Waals surface area contributed by atoms with Gasteiger partial charge in [-0.05, 0) is 35.4 Å². The molecule has 2 aromatic carbocycles. The summed E-state index contributed by atoms with van der Waals surface area (Å²) in [5.74, 6) is 1.68. The quantitative estimate of drug-likeness (QED) is 0.451. The third-order valence-electron chi connectivity index (χ3n) is 10.7. The molecule has 10 nitrogen and oxygen atoms in total. The van der Waals surface area contributed by atoms with Crippen molar-refractivity contribution in [2.24, 2.45) is 0 Å². The van der Waals surface area contributed by atoms with Gasteiger partial charge >= 0.3 is 13.8 Å². The summed E-state index contributed by atoms with van der Waals surface area (Å²) in [5.41, 5.74) is 2.26. The normalized spacial score (nSPS) is 39.0. The number of quaternary nitrogens is 2. The first-order chi connectivity index (χ1) is 19.9. The van der Waals surface area contributed by atoms with Crippen LogP contribution in [0.2, 0.25) is 0 Å². The highest BCUT2D eigenvalue weighted by Crippen LogP contribution is 2.43. The first-order valence-electron chi connectivity index (χ1n) is 15.2. The van der Waals surface area contributed by atoms with Crippen LogP contribution in [0, 0.1) is 0 Å². The lowest BCUT2D eigenvalue weighted by atomic mass is 9.78. The Kier molecular flexibility index (Phi) is 6.09. The monoisotopic (exact) mass is 566 g/mol. The molecule has 0 aromatic heterocycles. The van der Waals surface area contributed by atoms with E-state index in [0.29, 0.717) is 39.6 Å². The molecule has 0 N–H and O–H groups in total. The molecule has 41 heavy (non-hydrogen) atoms. The second-order valence-corrected chi connectivity index (χ2v) is 13.2. The largest absolute Gasteiger partial charge is 0.625 e. The van der Waals surface area contributed by atoms with E-state index < -0.39 is 13.8 Å². The summed E-state index contributed by atoms with van der Waals surface area (Å²) in [5, 5.41) is 0. The van der Waals surface area contributed by atoms with Gasteiger partial charge in [0.15, 0.2) is 0 Å². The van der Waals surface area contributed by atoms with Crippen LogP contribution in [0.15, 0.2) is 48.5 Å². The van der Waals surface area contributed by atoms with E-state index in [1.807, 2.05) is 24.3 Å². The number of hydrogen-bond acceptors (Lipinski definition) is 8. The molecule has 12 heteroatoms. The molecule has 6 aliphatic heterocycles. The van der Waals surface area contributed by atoms with Crippen LogP contribution in [-0.2, 0) is 33.3 Å². The maximum Gasteiger partial charge on any atom is 0.625 e. The zero-order valence-corrected chi connectivity index (χ0v) is 24.1. The number of hydrogen-bond donors (Lipinski definition) is 0. The molecule has 2 aromatic rings. The molecule has 220 valence electrons. The van der Waals surface area contributed by atoms with Crippen molar-refractivity contribution in [1.82, 2.24) is 0 Å². The van der Waals surface area contributed by atoms with Gasteiger partial charge in [0.2, 0.25) is 0 Å². The molecule has 0 saturated carbocycles. The van der Waals surface area contributed by atoms with Crippen molar-refractivity contribution in [2.75, 3.05) is 78.9 Å². The lowest BCUT2D eigenvalue weighted by Crippen LogP contribution is -2.59. The second-order valence-electron chi connectivity index (χ2n) is 13.2. The van der Waals surface area contributed by atoms with Crippen molar-refractivity contribution >= 4 is 13.8 Å². The van der Waals surface area contributed by atoms with Gasteiger partial charge in [0.1, 0.15) is 36.9 Å². The number of nitrogens with zero attached hydrogens (tertiary/aromatic N) is 2. The maximum absolute atomic E-state index is 6.27. The Labute approximate surface area is 241 Å². The Morgan fingerprint density at radius 1 is 0.634 bits per heavy atom. The second kappa shape index (κ2) is 9.42. The minimum absolute atomic E-state index is 0.0204. The summed E-state index contributed by atoms with van der Waals surface area (Å²) in [7, 11) is 0. The molecule has 8 rings (SSSR count). The number of ether oxygens (including phenoxy) is 2. The number of rotatable bonds is 8. The molecule has 0 bridgehead atoms. The summed E-state index contributed by atoms with van der Waals surface area (Å²) in [6.07, 6.45) is -0.0407. The minimum atomic E-state index is -1.64. The van der Waals surface area contributed by atoms with Gasteiger partial charge in [-0.3, -0.25) is 0 Å². The van der Waals surface area contributed by atoms with Crippen LogP contribution in [0.5, 0.6) is 11.5 Å². The fourth-order valence-corrected chi connectivity index (χ4v) is 8.21. The molecule has 0 aliphatic carbocycles. The predicted octanol–water partition coefficient (Wildman–Crippen LogP) is 2.19. The molecule has 0 radical (unpaired) electrons. The Bertz CT molecular complexity index is 1140. The van der Waals surface area contributed by atoms with Gasteiger partial charge in [0.25, 0.3) is 0 Å². The lowest BCUT2D eigenvalue weighted by molar-refractivity contribution is -0.816. The Morgan fingerprint density at radius 3 is 1.34 bits per heavy atom. The summed E-state index contributed by atoms with van der Waals surface area (Å²) in [6, 6.07) is 16.8. The van der Waals surface area contributed by atoms with Crippen LogP contribution in [-0.4, -0.2) is 114 Å². The van der Waals surface area contributed by atoms with Crippen LogP contribution in [0.4, 0.5) is 0 Å². The van der Waals surface area contributed by atoms with Gasteiger partial charge in [-0.1, -0.05) is 38.1 Å². The molecular weight excluding hydrogens is 526 g/mol. The lowest BCUT2D eigenvalue weighted by Gasteiger charge is -2.37. The standard InChI is InChI=1S/C29H40B2N2O8/c1-29(2,23-3-7-25(8-4-23)34-21-27-19-32-11-15-36-30(32,40-27)37-16-12-32)24-5-9-26(10-6-24)35-22-28-20-33-13-17-38-31(33,41-28)39-18-14-33/h3-10,27-28H,11-22H2,1-2H3/t27-,28-,30?,31?,32?,33?/m1/s1. The predicted molar refractivity (Wildman–Crippen MR) is 151 cm³/mol. The van der Waals surface area contributed by atoms with E-state index in [1.54, 1.807) is 0 Å². The third-order valence-corrected chi connectivity index (χ3v) is 10.7. The van der Waals surface area contributed by atoms with Gasteiger partial charge in [0, 0.05) is 5.41 Å². The highest BCUT2D eigenvalue weighted by atomic mass is 16.8.